The van der Waals surface area contributed by atoms with Crippen molar-refractivity contribution in [3.8, 4) is 0 Å². The maximum atomic E-state index is 9.46. The smallest absolute Gasteiger partial charge is 1.00 e. The van der Waals surface area contributed by atoms with Crippen molar-refractivity contribution in [2.45, 2.75) is 6.42 Å². The SMILES string of the molecule is C=CCC[O-].[Br-].[Mg+2]. The fraction of sp³-hybridized carbons (Fsp3) is 0.500. The summed E-state index contributed by atoms with van der Waals surface area (Å²) in [6.45, 7) is 3.33. The van der Waals surface area contributed by atoms with E-state index in [0.717, 1.165) is 0 Å². The molecule has 1 nitrogen and oxygen atoms in total. The normalized spacial score (nSPS) is 5.29. The third-order valence-corrected chi connectivity index (χ3v) is 0.322. The van der Waals surface area contributed by atoms with Gasteiger partial charge in [0.15, 0.2) is 0 Å². The molecule has 0 heterocycles. The van der Waals surface area contributed by atoms with Crippen LogP contribution < -0.4 is 22.1 Å². The Morgan fingerprint density at radius 1 is 1.57 bits per heavy atom. The molecule has 3 heteroatoms. The quantitative estimate of drug-likeness (QED) is 0.316. The van der Waals surface area contributed by atoms with Gasteiger partial charge in [0, 0.05) is 0 Å². The van der Waals surface area contributed by atoms with Gasteiger partial charge in [0.1, 0.15) is 0 Å². The van der Waals surface area contributed by atoms with E-state index in [4.69, 9.17) is 0 Å². The first-order valence-corrected chi connectivity index (χ1v) is 1.61. The molecule has 38 valence electrons. The van der Waals surface area contributed by atoms with E-state index in [0.29, 0.717) is 6.42 Å². The van der Waals surface area contributed by atoms with Crippen LogP contribution in [0.4, 0.5) is 0 Å². The molecule has 0 saturated heterocycles. The Hall–Kier alpha value is 0.946. The van der Waals surface area contributed by atoms with Gasteiger partial charge in [-0.25, -0.2) is 0 Å². The van der Waals surface area contributed by atoms with Gasteiger partial charge in [-0.05, 0) is 0 Å². The monoisotopic (exact) mass is 174 g/mol. The molecule has 0 aromatic heterocycles. The molecule has 0 rings (SSSR count). The Bertz CT molecular complexity index is 32.9. The van der Waals surface area contributed by atoms with Gasteiger partial charge >= 0.3 is 23.1 Å². The summed E-state index contributed by atoms with van der Waals surface area (Å²) < 4.78 is 0. The van der Waals surface area contributed by atoms with E-state index in [1.54, 1.807) is 6.08 Å². The van der Waals surface area contributed by atoms with Gasteiger partial charge in [0.05, 0.1) is 0 Å². The standard InChI is InChI=1S/C4H7O.BrH.Mg/c1-2-3-4-5;;/h2H,1,3-4H2;1H;/q-1;;+2/p-1. The average molecular weight is 175 g/mol. The van der Waals surface area contributed by atoms with Crippen LogP contribution in [0.1, 0.15) is 6.42 Å². The number of hydrogen-bond acceptors (Lipinski definition) is 1. The minimum absolute atomic E-state index is 0. The summed E-state index contributed by atoms with van der Waals surface area (Å²) in [6, 6.07) is 0. The van der Waals surface area contributed by atoms with Crippen molar-refractivity contribution in [2.24, 2.45) is 0 Å². The second kappa shape index (κ2) is 15.8. The molecular weight excluding hydrogens is 168 g/mol. The van der Waals surface area contributed by atoms with Crippen LogP contribution in [-0.2, 0) is 0 Å². The average Bonchev–Trinajstić information content (AvgIpc) is 1.41. The van der Waals surface area contributed by atoms with Crippen LogP contribution in [0.3, 0.4) is 0 Å². The van der Waals surface area contributed by atoms with Crippen LogP contribution >= 0.6 is 0 Å². The van der Waals surface area contributed by atoms with E-state index in [1.165, 1.54) is 0 Å². The molecule has 0 aromatic rings. The number of rotatable bonds is 2. The van der Waals surface area contributed by atoms with E-state index in [1.807, 2.05) is 0 Å². The Balaban J connectivity index is -0.0000000800. The fourth-order valence-electron chi connectivity index (χ4n) is 0.0833. The van der Waals surface area contributed by atoms with Crippen LogP contribution in [0.2, 0.25) is 0 Å². The number of hydrogen-bond donors (Lipinski definition) is 0. The second-order valence-electron chi connectivity index (χ2n) is 0.781. The molecule has 0 saturated carbocycles. The molecule has 0 spiro atoms. The summed E-state index contributed by atoms with van der Waals surface area (Å²) in [5.74, 6) is 0. The van der Waals surface area contributed by atoms with E-state index in [-0.39, 0.29) is 46.6 Å². The Labute approximate surface area is 70.7 Å². The summed E-state index contributed by atoms with van der Waals surface area (Å²) in [5.41, 5.74) is 0. The van der Waals surface area contributed by atoms with Crippen molar-refractivity contribution in [1.29, 1.82) is 0 Å². The van der Waals surface area contributed by atoms with Crippen molar-refractivity contribution >= 4 is 23.1 Å². The summed E-state index contributed by atoms with van der Waals surface area (Å²) in [5, 5.41) is 9.46. The van der Waals surface area contributed by atoms with E-state index >= 15 is 0 Å². The van der Waals surface area contributed by atoms with Crippen LogP contribution in [0, 0.1) is 0 Å². The minimum Gasteiger partial charge on any atom is -1.00 e. The zero-order chi connectivity index (χ0) is 4.12. The van der Waals surface area contributed by atoms with Crippen LogP contribution in [0.25, 0.3) is 0 Å². The third-order valence-electron chi connectivity index (χ3n) is 0.322. The van der Waals surface area contributed by atoms with Crippen molar-refractivity contribution in [3.05, 3.63) is 12.7 Å². The first-order valence-electron chi connectivity index (χ1n) is 1.61. The molecule has 0 aliphatic heterocycles. The van der Waals surface area contributed by atoms with Crippen LogP contribution in [0.5, 0.6) is 0 Å². The third kappa shape index (κ3) is 19.6. The van der Waals surface area contributed by atoms with Crippen molar-refractivity contribution in [1.82, 2.24) is 0 Å². The molecule has 0 atom stereocenters. The fourth-order valence-corrected chi connectivity index (χ4v) is 0.0833. The van der Waals surface area contributed by atoms with Crippen molar-refractivity contribution in [3.63, 3.8) is 0 Å². The Kier molecular flexibility index (Phi) is 35.3. The van der Waals surface area contributed by atoms with E-state index in [9.17, 15) is 5.11 Å². The molecule has 0 N–H and O–H groups in total. The molecular formula is C4H7BrMgO. The maximum Gasteiger partial charge on any atom is 2.00 e. The summed E-state index contributed by atoms with van der Waals surface area (Å²) in [6.07, 6.45) is 2.22. The first kappa shape index (κ1) is 15.7. The molecule has 7 heavy (non-hydrogen) atoms. The van der Waals surface area contributed by atoms with Gasteiger partial charge < -0.3 is 22.1 Å². The number of halogens is 1. The van der Waals surface area contributed by atoms with Gasteiger partial charge in [-0.15, -0.1) is 13.2 Å². The molecule has 0 amide bonds. The molecule has 0 aliphatic rings. The van der Waals surface area contributed by atoms with Gasteiger partial charge in [-0.1, -0.05) is 12.5 Å². The molecule has 0 bridgehead atoms. The Morgan fingerprint density at radius 2 is 2.00 bits per heavy atom. The van der Waals surface area contributed by atoms with Gasteiger partial charge in [0.25, 0.3) is 0 Å². The largest absolute Gasteiger partial charge is 2.00 e. The molecule has 0 fully saturated rings. The first-order chi connectivity index (χ1) is 2.41. The predicted octanol–water partition coefficient (Wildman–Crippen LogP) is -3.45. The zero-order valence-electron chi connectivity index (χ0n) is 4.19. The minimum atomic E-state index is -0.0243. The van der Waals surface area contributed by atoms with Crippen LogP contribution in [-0.4, -0.2) is 29.7 Å². The van der Waals surface area contributed by atoms with Gasteiger partial charge in [-0.3, -0.25) is 0 Å². The topological polar surface area (TPSA) is 23.1 Å². The summed E-state index contributed by atoms with van der Waals surface area (Å²) in [4.78, 5) is 0. The van der Waals surface area contributed by atoms with E-state index < -0.39 is 0 Å². The van der Waals surface area contributed by atoms with Crippen molar-refractivity contribution in [2.75, 3.05) is 6.61 Å². The molecule has 0 aliphatic carbocycles. The van der Waals surface area contributed by atoms with Gasteiger partial charge in [0.2, 0.25) is 0 Å². The van der Waals surface area contributed by atoms with Gasteiger partial charge in [-0.2, -0.15) is 0 Å². The van der Waals surface area contributed by atoms with Crippen LogP contribution in [0.15, 0.2) is 12.7 Å². The second-order valence-corrected chi connectivity index (χ2v) is 0.781. The predicted molar refractivity (Wildman–Crippen MR) is 25.4 cm³/mol. The summed E-state index contributed by atoms with van der Waals surface area (Å²) in [7, 11) is 0. The Morgan fingerprint density at radius 3 is 2.00 bits per heavy atom. The van der Waals surface area contributed by atoms with Crippen molar-refractivity contribution < 1.29 is 22.1 Å². The molecule has 0 radical (unpaired) electrons. The maximum absolute atomic E-state index is 9.46. The van der Waals surface area contributed by atoms with E-state index in [2.05, 4.69) is 6.58 Å². The zero-order valence-corrected chi connectivity index (χ0v) is 7.19. The molecule has 0 unspecified atom stereocenters. The summed E-state index contributed by atoms with van der Waals surface area (Å²) >= 11 is 0. The molecule has 0 aromatic carbocycles.